The summed E-state index contributed by atoms with van der Waals surface area (Å²) >= 11 is 1.86. The minimum atomic E-state index is 1.12. The Kier molecular flexibility index (Phi) is 3.39. The third kappa shape index (κ3) is 2.43. The molecule has 1 heterocycles. The van der Waals surface area contributed by atoms with Crippen LogP contribution >= 0.6 is 11.3 Å². The predicted molar refractivity (Wildman–Crippen MR) is 85.1 cm³/mol. The number of benzene rings is 2. The van der Waals surface area contributed by atoms with Crippen LogP contribution in [0.1, 0.15) is 22.3 Å². The first-order valence-electron chi connectivity index (χ1n) is 6.76. The van der Waals surface area contributed by atoms with Crippen LogP contribution in [0.3, 0.4) is 0 Å². The zero-order valence-electron chi connectivity index (χ0n) is 11.4. The third-order valence-electron chi connectivity index (χ3n) is 3.83. The average Bonchev–Trinajstić information content (AvgIpc) is 2.92. The molecule has 0 atom stereocenters. The van der Waals surface area contributed by atoms with E-state index in [2.05, 4.69) is 61.7 Å². The topological polar surface area (TPSA) is 0 Å². The monoisotopic (exact) mass is 266 g/mol. The summed E-state index contributed by atoms with van der Waals surface area (Å²) in [5.41, 5.74) is 5.79. The highest BCUT2D eigenvalue weighted by Crippen LogP contribution is 2.30. The molecule has 0 aliphatic carbocycles. The van der Waals surface area contributed by atoms with Crippen molar-refractivity contribution in [2.75, 3.05) is 0 Å². The van der Waals surface area contributed by atoms with Crippen molar-refractivity contribution in [3.63, 3.8) is 0 Å². The molecule has 0 aliphatic heterocycles. The minimum absolute atomic E-state index is 1.12. The van der Waals surface area contributed by atoms with Crippen molar-refractivity contribution in [3.8, 4) is 0 Å². The molecule has 0 spiro atoms. The molecule has 0 N–H and O–H groups in total. The van der Waals surface area contributed by atoms with Crippen LogP contribution in [0.25, 0.3) is 10.1 Å². The summed E-state index contributed by atoms with van der Waals surface area (Å²) in [6.45, 7) is 4.49. The van der Waals surface area contributed by atoms with E-state index in [-0.39, 0.29) is 0 Å². The van der Waals surface area contributed by atoms with E-state index in [4.69, 9.17) is 0 Å². The highest BCUT2D eigenvalue weighted by atomic mass is 32.1. The highest BCUT2D eigenvalue weighted by molar-refractivity contribution is 7.17. The molecular formula is C18H18S. The van der Waals surface area contributed by atoms with Gasteiger partial charge in [0.25, 0.3) is 0 Å². The molecule has 1 heteroatoms. The fourth-order valence-corrected chi connectivity index (χ4v) is 3.69. The summed E-state index contributed by atoms with van der Waals surface area (Å²) < 4.78 is 1.46. The van der Waals surface area contributed by atoms with Crippen LogP contribution in [-0.4, -0.2) is 0 Å². The molecule has 0 radical (unpaired) electrons. The van der Waals surface area contributed by atoms with Gasteiger partial charge in [0.05, 0.1) is 0 Å². The lowest BCUT2D eigenvalue weighted by atomic mass is 9.97. The summed E-state index contributed by atoms with van der Waals surface area (Å²) in [6.07, 6.45) is 2.25. The van der Waals surface area contributed by atoms with Crippen molar-refractivity contribution >= 4 is 21.4 Å². The van der Waals surface area contributed by atoms with Gasteiger partial charge < -0.3 is 0 Å². The maximum absolute atomic E-state index is 2.37. The number of fused-ring (bicyclic) bond motifs is 1. The van der Waals surface area contributed by atoms with Crippen LogP contribution in [0.4, 0.5) is 0 Å². The maximum atomic E-state index is 2.37. The quantitative estimate of drug-likeness (QED) is 0.603. The second-order valence-electron chi connectivity index (χ2n) is 5.13. The van der Waals surface area contributed by atoms with E-state index in [1.165, 1.54) is 32.3 Å². The molecule has 2 aromatic carbocycles. The van der Waals surface area contributed by atoms with Gasteiger partial charge in [0.1, 0.15) is 0 Å². The lowest BCUT2D eigenvalue weighted by molar-refractivity contribution is 0.951. The second-order valence-corrected chi connectivity index (χ2v) is 6.04. The van der Waals surface area contributed by atoms with E-state index in [0.717, 1.165) is 12.8 Å². The van der Waals surface area contributed by atoms with Gasteiger partial charge in [-0.25, -0.2) is 0 Å². The number of hydrogen-bond donors (Lipinski definition) is 0. The van der Waals surface area contributed by atoms with Crippen LogP contribution in [0.2, 0.25) is 0 Å². The van der Waals surface area contributed by atoms with Crippen molar-refractivity contribution in [1.29, 1.82) is 0 Å². The van der Waals surface area contributed by atoms with Crippen molar-refractivity contribution < 1.29 is 0 Å². The molecule has 0 bridgehead atoms. The van der Waals surface area contributed by atoms with Gasteiger partial charge in [0, 0.05) is 4.70 Å². The molecule has 3 aromatic rings. The van der Waals surface area contributed by atoms with Crippen LogP contribution in [0.5, 0.6) is 0 Å². The molecule has 0 nitrogen and oxygen atoms in total. The molecule has 96 valence electrons. The van der Waals surface area contributed by atoms with E-state index < -0.39 is 0 Å². The molecule has 0 aliphatic rings. The minimum Gasteiger partial charge on any atom is -0.144 e. The van der Waals surface area contributed by atoms with Gasteiger partial charge in [-0.15, -0.1) is 11.3 Å². The Morgan fingerprint density at radius 3 is 2.53 bits per heavy atom. The molecule has 0 unspecified atom stereocenters. The first-order valence-corrected chi connectivity index (χ1v) is 7.64. The summed E-state index contributed by atoms with van der Waals surface area (Å²) in [5.74, 6) is 0. The van der Waals surface area contributed by atoms with Gasteiger partial charge in [-0.1, -0.05) is 36.4 Å². The smallest absolute Gasteiger partial charge is 0.0377 e. The second kappa shape index (κ2) is 5.18. The third-order valence-corrected chi connectivity index (χ3v) is 4.86. The highest BCUT2D eigenvalue weighted by Gasteiger charge is 2.08. The number of aryl methyl sites for hydroxylation is 4. The van der Waals surface area contributed by atoms with E-state index >= 15 is 0 Å². The standard InChI is InChI=1S/C18H18S/c1-13-12-16(9-8-15-6-4-3-5-7-15)14(2)18-17(13)10-11-19-18/h3-7,10-12H,8-9H2,1-2H3. The molecule has 19 heavy (non-hydrogen) atoms. The van der Waals surface area contributed by atoms with Crippen molar-refractivity contribution in [2.24, 2.45) is 0 Å². The maximum Gasteiger partial charge on any atom is 0.0377 e. The van der Waals surface area contributed by atoms with Crippen LogP contribution in [0.15, 0.2) is 47.8 Å². The Balaban J connectivity index is 1.91. The van der Waals surface area contributed by atoms with E-state index in [1.54, 1.807) is 0 Å². The molecule has 0 fully saturated rings. The summed E-state index contributed by atoms with van der Waals surface area (Å²) in [4.78, 5) is 0. The van der Waals surface area contributed by atoms with Gasteiger partial charge >= 0.3 is 0 Å². The van der Waals surface area contributed by atoms with E-state index in [9.17, 15) is 0 Å². The molecular weight excluding hydrogens is 248 g/mol. The molecule has 3 rings (SSSR count). The molecule has 1 aromatic heterocycles. The zero-order chi connectivity index (χ0) is 13.2. The van der Waals surface area contributed by atoms with Gasteiger partial charge in [0.2, 0.25) is 0 Å². The van der Waals surface area contributed by atoms with Gasteiger partial charge in [-0.2, -0.15) is 0 Å². The van der Waals surface area contributed by atoms with Crippen LogP contribution < -0.4 is 0 Å². The molecule has 0 saturated carbocycles. The largest absolute Gasteiger partial charge is 0.144 e. The number of rotatable bonds is 3. The van der Waals surface area contributed by atoms with Gasteiger partial charge in [-0.3, -0.25) is 0 Å². The number of hydrogen-bond acceptors (Lipinski definition) is 1. The fraction of sp³-hybridized carbons (Fsp3) is 0.222. The van der Waals surface area contributed by atoms with Crippen molar-refractivity contribution in [3.05, 3.63) is 70.1 Å². The summed E-state index contributed by atoms with van der Waals surface area (Å²) in [6, 6.07) is 15.4. The molecule has 0 amide bonds. The van der Waals surface area contributed by atoms with E-state index in [0.29, 0.717) is 0 Å². The van der Waals surface area contributed by atoms with Gasteiger partial charge in [0.15, 0.2) is 0 Å². The fourth-order valence-electron chi connectivity index (χ4n) is 2.69. The van der Waals surface area contributed by atoms with Crippen molar-refractivity contribution in [1.82, 2.24) is 0 Å². The molecule has 0 saturated heterocycles. The van der Waals surface area contributed by atoms with Gasteiger partial charge in [-0.05, 0) is 65.8 Å². The Labute approximate surface area is 118 Å². The summed E-state index contributed by atoms with van der Waals surface area (Å²) in [5, 5.41) is 3.62. The first kappa shape index (κ1) is 12.4. The first-order chi connectivity index (χ1) is 9.25. The Morgan fingerprint density at radius 1 is 0.947 bits per heavy atom. The average molecular weight is 266 g/mol. The normalized spacial score (nSPS) is 11.1. The predicted octanol–water partition coefficient (Wildman–Crippen LogP) is 5.30. The lowest BCUT2D eigenvalue weighted by Crippen LogP contribution is -1.95. The number of thiophene rings is 1. The Morgan fingerprint density at radius 2 is 1.74 bits per heavy atom. The lowest BCUT2D eigenvalue weighted by Gasteiger charge is -2.09. The SMILES string of the molecule is Cc1cc(CCc2ccccc2)c(C)c2sccc12. The summed E-state index contributed by atoms with van der Waals surface area (Å²) in [7, 11) is 0. The zero-order valence-corrected chi connectivity index (χ0v) is 12.3. The van der Waals surface area contributed by atoms with Crippen molar-refractivity contribution in [2.45, 2.75) is 26.7 Å². The van der Waals surface area contributed by atoms with Crippen LogP contribution in [-0.2, 0) is 12.8 Å². The van der Waals surface area contributed by atoms with Crippen LogP contribution in [0, 0.1) is 13.8 Å². The van der Waals surface area contributed by atoms with E-state index in [1.807, 2.05) is 11.3 Å². The Hall–Kier alpha value is -1.60. The Bertz CT molecular complexity index is 692.